The van der Waals surface area contributed by atoms with Crippen LogP contribution in [0.25, 0.3) is 0 Å². The molecule has 84 valence electrons. The van der Waals surface area contributed by atoms with Gasteiger partial charge in [-0.3, -0.25) is 0 Å². The SMILES string of the molecule is CC1(C)C(C(N)Cc2nccs2)C1(C)C. The maximum atomic E-state index is 6.29. The third kappa shape index (κ3) is 1.62. The molecule has 2 nitrogen and oxygen atoms in total. The van der Waals surface area contributed by atoms with Gasteiger partial charge in [0.2, 0.25) is 0 Å². The first kappa shape index (κ1) is 11.1. The van der Waals surface area contributed by atoms with E-state index in [1.54, 1.807) is 11.3 Å². The fourth-order valence-electron chi connectivity index (χ4n) is 2.99. The van der Waals surface area contributed by atoms with Gasteiger partial charge in [0.25, 0.3) is 0 Å². The van der Waals surface area contributed by atoms with Crippen LogP contribution in [-0.2, 0) is 6.42 Å². The van der Waals surface area contributed by atoms with Crippen molar-refractivity contribution in [3.05, 3.63) is 16.6 Å². The highest BCUT2D eigenvalue weighted by Crippen LogP contribution is 2.69. The van der Waals surface area contributed by atoms with Crippen LogP contribution in [0.5, 0.6) is 0 Å². The fraction of sp³-hybridized carbons (Fsp3) is 0.750. The summed E-state index contributed by atoms with van der Waals surface area (Å²) in [5.74, 6) is 0.619. The van der Waals surface area contributed by atoms with Crippen LogP contribution in [0.15, 0.2) is 11.6 Å². The summed E-state index contributed by atoms with van der Waals surface area (Å²) in [5, 5.41) is 3.19. The fourth-order valence-corrected chi connectivity index (χ4v) is 3.68. The third-order valence-corrected chi connectivity index (χ3v) is 5.26. The first-order chi connectivity index (χ1) is 6.87. The molecule has 1 atom stereocenters. The molecule has 0 bridgehead atoms. The van der Waals surface area contributed by atoms with Gasteiger partial charge in [0.15, 0.2) is 0 Å². The van der Waals surface area contributed by atoms with E-state index >= 15 is 0 Å². The molecule has 3 heteroatoms. The molecule has 0 aliphatic heterocycles. The van der Waals surface area contributed by atoms with Crippen LogP contribution >= 0.6 is 11.3 Å². The molecule has 0 spiro atoms. The normalized spacial score (nSPS) is 25.1. The highest BCUT2D eigenvalue weighted by Gasteiger charge is 2.66. The van der Waals surface area contributed by atoms with E-state index in [1.165, 1.54) is 5.01 Å². The van der Waals surface area contributed by atoms with Crippen molar-refractivity contribution in [1.29, 1.82) is 0 Å². The molecule has 0 amide bonds. The van der Waals surface area contributed by atoms with E-state index in [9.17, 15) is 0 Å². The lowest BCUT2D eigenvalue weighted by Crippen LogP contribution is -2.28. The highest BCUT2D eigenvalue weighted by molar-refractivity contribution is 7.09. The summed E-state index contributed by atoms with van der Waals surface area (Å²) >= 11 is 1.71. The van der Waals surface area contributed by atoms with Gasteiger partial charge in [-0.15, -0.1) is 11.3 Å². The molecule has 1 unspecified atom stereocenters. The van der Waals surface area contributed by atoms with E-state index in [1.807, 2.05) is 11.6 Å². The number of thiazole rings is 1. The number of hydrogen-bond donors (Lipinski definition) is 1. The van der Waals surface area contributed by atoms with Crippen molar-refractivity contribution >= 4 is 11.3 Å². The Labute approximate surface area is 95.9 Å². The van der Waals surface area contributed by atoms with Crippen LogP contribution in [0.1, 0.15) is 32.7 Å². The molecule has 1 aliphatic carbocycles. The Bertz CT molecular complexity index is 327. The minimum absolute atomic E-state index is 0.251. The molecule has 2 rings (SSSR count). The van der Waals surface area contributed by atoms with Crippen molar-refractivity contribution in [3.8, 4) is 0 Å². The van der Waals surface area contributed by atoms with Gasteiger partial charge in [-0.05, 0) is 16.7 Å². The van der Waals surface area contributed by atoms with E-state index in [0.29, 0.717) is 16.7 Å². The second-order valence-electron chi connectivity index (χ2n) is 5.71. The zero-order valence-electron chi connectivity index (χ0n) is 9.95. The molecule has 1 heterocycles. The molecule has 15 heavy (non-hydrogen) atoms. The molecule has 1 fully saturated rings. The number of hydrogen-bond acceptors (Lipinski definition) is 3. The number of aromatic nitrogens is 1. The van der Waals surface area contributed by atoms with Crippen molar-refractivity contribution < 1.29 is 0 Å². The molecule has 0 aromatic carbocycles. The average Bonchev–Trinajstić information content (AvgIpc) is 2.53. The standard InChI is InChI=1S/C12H20N2S/c1-11(2)10(12(11,3)4)8(13)7-9-14-5-6-15-9/h5-6,8,10H,7,13H2,1-4H3. The molecule has 1 aromatic heterocycles. The van der Waals surface area contributed by atoms with Gasteiger partial charge in [-0.25, -0.2) is 4.98 Å². The average molecular weight is 224 g/mol. The summed E-state index contributed by atoms with van der Waals surface area (Å²) in [6.45, 7) is 9.28. The minimum atomic E-state index is 0.251. The third-order valence-electron chi connectivity index (χ3n) is 4.45. The van der Waals surface area contributed by atoms with E-state index in [-0.39, 0.29) is 6.04 Å². The maximum Gasteiger partial charge on any atom is 0.0940 e. The molecule has 1 aromatic rings. The molecule has 2 N–H and O–H groups in total. The second-order valence-corrected chi connectivity index (χ2v) is 6.69. The Balaban J connectivity index is 2.02. The van der Waals surface area contributed by atoms with Crippen LogP contribution < -0.4 is 5.73 Å². The summed E-state index contributed by atoms with van der Waals surface area (Å²) in [5.41, 5.74) is 7.05. The zero-order valence-corrected chi connectivity index (χ0v) is 10.8. The zero-order chi connectivity index (χ0) is 11.3. The van der Waals surface area contributed by atoms with Gasteiger partial charge >= 0.3 is 0 Å². The van der Waals surface area contributed by atoms with Crippen molar-refractivity contribution in [2.75, 3.05) is 0 Å². The molecular formula is C12H20N2S. The predicted molar refractivity (Wildman–Crippen MR) is 64.8 cm³/mol. The van der Waals surface area contributed by atoms with Crippen molar-refractivity contribution in [2.24, 2.45) is 22.5 Å². The van der Waals surface area contributed by atoms with Gasteiger partial charge in [0.05, 0.1) is 5.01 Å². The van der Waals surface area contributed by atoms with Gasteiger partial charge in [0.1, 0.15) is 0 Å². The Morgan fingerprint density at radius 2 is 2.00 bits per heavy atom. The van der Waals surface area contributed by atoms with Crippen LogP contribution in [0, 0.1) is 16.7 Å². The summed E-state index contributed by atoms with van der Waals surface area (Å²) in [6.07, 6.45) is 2.78. The van der Waals surface area contributed by atoms with Crippen LogP contribution in [-0.4, -0.2) is 11.0 Å². The predicted octanol–water partition coefficient (Wildman–Crippen LogP) is 2.70. The molecule has 1 saturated carbocycles. The van der Waals surface area contributed by atoms with Gasteiger partial charge in [-0.1, -0.05) is 27.7 Å². The smallest absolute Gasteiger partial charge is 0.0940 e. The Morgan fingerprint density at radius 1 is 1.40 bits per heavy atom. The van der Waals surface area contributed by atoms with Gasteiger partial charge in [-0.2, -0.15) is 0 Å². The van der Waals surface area contributed by atoms with Crippen molar-refractivity contribution in [1.82, 2.24) is 4.98 Å². The lowest BCUT2D eigenvalue weighted by molar-refractivity contribution is 0.457. The highest BCUT2D eigenvalue weighted by atomic mass is 32.1. The lowest BCUT2D eigenvalue weighted by Gasteiger charge is -2.11. The summed E-state index contributed by atoms with van der Waals surface area (Å²) in [7, 11) is 0. The number of rotatable bonds is 3. The summed E-state index contributed by atoms with van der Waals surface area (Å²) in [6, 6.07) is 0.251. The maximum absolute atomic E-state index is 6.29. The van der Waals surface area contributed by atoms with Gasteiger partial charge < -0.3 is 5.73 Å². The quantitative estimate of drug-likeness (QED) is 0.857. The molecular weight excluding hydrogens is 204 g/mol. The van der Waals surface area contributed by atoms with E-state index in [2.05, 4.69) is 32.7 Å². The summed E-state index contributed by atoms with van der Waals surface area (Å²) < 4.78 is 0. The largest absolute Gasteiger partial charge is 0.327 e. The van der Waals surface area contributed by atoms with E-state index in [4.69, 9.17) is 5.73 Å². The van der Waals surface area contributed by atoms with E-state index < -0.39 is 0 Å². The Morgan fingerprint density at radius 3 is 2.40 bits per heavy atom. The monoisotopic (exact) mass is 224 g/mol. The Hall–Kier alpha value is -0.410. The van der Waals surface area contributed by atoms with Crippen LogP contribution in [0.3, 0.4) is 0 Å². The minimum Gasteiger partial charge on any atom is -0.327 e. The lowest BCUT2D eigenvalue weighted by atomic mass is 10.0. The van der Waals surface area contributed by atoms with Crippen molar-refractivity contribution in [3.63, 3.8) is 0 Å². The van der Waals surface area contributed by atoms with E-state index in [0.717, 1.165) is 6.42 Å². The first-order valence-corrected chi connectivity index (χ1v) is 6.39. The second kappa shape index (κ2) is 3.29. The molecule has 0 radical (unpaired) electrons. The molecule has 1 aliphatic rings. The van der Waals surface area contributed by atoms with Gasteiger partial charge in [0, 0.05) is 24.0 Å². The number of nitrogens with zero attached hydrogens (tertiary/aromatic N) is 1. The van der Waals surface area contributed by atoms with Crippen LogP contribution in [0.4, 0.5) is 0 Å². The Kier molecular flexibility index (Phi) is 2.43. The summed E-state index contributed by atoms with van der Waals surface area (Å²) in [4.78, 5) is 4.30. The van der Waals surface area contributed by atoms with Crippen LogP contribution in [0.2, 0.25) is 0 Å². The topological polar surface area (TPSA) is 38.9 Å². The first-order valence-electron chi connectivity index (χ1n) is 5.51. The molecule has 0 saturated heterocycles. The number of nitrogens with two attached hydrogens (primary N) is 1. The van der Waals surface area contributed by atoms with Crippen molar-refractivity contribution in [2.45, 2.75) is 40.2 Å².